The van der Waals surface area contributed by atoms with Crippen molar-refractivity contribution in [3.05, 3.63) is 35.4 Å². The number of carbonyl (C=O) groups excluding carboxylic acids is 2. The largest absolute Gasteiger partial charge is 0.354 e. The van der Waals surface area contributed by atoms with Crippen LogP contribution in [-0.2, 0) is 16.0 Å². The Balaban J connectivity index is 1.20. The molecule has 4 heteroatoms. The molecule has 0 radical (unpaired) electrons. The van der Waals surface area contributed by atoms with E-state index in [2.05, 4.69) is 48.7 Å². The highest BCUT2D eigenvalue weighted by atomic mass is 16.2. The third-order valence-electron chi connectivity index (χ3n) is 7.31. The summed E-state index contributed by atoms with van der Waals surface area (Å²) in [4.78, 5) is 25.1. The van der Waals surface area contributed by atoms with Crippen LogP contribution in [0.15, 0.2) is 24.3 Å². The van der Waals surface area contributed by atoms with E-state index in [0.717, 1.165) is 43.4 Å². The zero-order valence-electron chi connectivity index (χ0n) is 17.3. The second-order valence-corrected chi connectivity index (χ2v) is 9.88. The van der Waals surface area contributed by atoms with Gasteiger partial charge in [-0.25, -0.2) is 0 Å². The molecular formula is C24H34N2O2. The van der Waals surface area contributed by atoms with Gasteiger partial charge in [0.15, 0.2) is 0 Å². The second kappa shape index (κ2) is 7.88. The summed E-state index contributed by atoms with van der Waals surface area (Å²) in [5, 5.41) is 5.90. The average molecular weight is 383 g/mol. The lowest BCUT2D eigenvalue weighted by Gasteiger charge is -2.55. The van der Waals surface area contributed by atoms with Crippen LogP contribution in [0.1, 0.15) is 69.4 Å². The molecule has 0 unspecified atom stereocenters. The summed E-state index contributed by atoms with van der Waals surface area (Å²) in [5.41, 5.74) is 2.38. The summed E-state index contributed by atoms with van der Waals surface area (Å²) in [6.07, 6.45) is 7.91. The van der Waals surface area contributed by atoms with Gasteiger partial charge < -0.3 is 10.6 Å². The Labute approximate surface area is 168 Å². The molecular weight excluding hydrogens is 348 g/mol. The standard InChI is InChI=1S/C24H34N2O2/c1-16(2)21-5-3-17(4-6-21)7-8-25-22(27)15-26-23(28)24-12-18-9-19(13-24)11-20(10-18)14-24/h3-6,16,18-20H,7-15H2,1-2H3,(H,25,27)(H,26,28). The molecule has 4 bridgehead atoms. The number of carbonyl (C=O) groups is 2. The number of benzene rings is 1. The molecule has 2 amide bonds. The zero-order chi connectivity index (χ0) is 19.7. The molecule has 4 nitrogen and oxygen atoms in total. The van der Waals surface area contributed by atoms with Gasteiger partial charge in [0.05, 0.1) is 6.54 Å². The van der Waals surface area contributed by atoms with Crippen LogP contribution in [0.5, 0.6) is 0 Å². The third-order valence-corrected chi connectivity index (χ3v) is 7.31. The Morgan fingerprint density at radius 1 is 0.964 bits per heavy atom. The topological polar surface area (TPSA) is 58.2 Å². The van der Waals surface area contributed by atoms with Gasteiger partial charge in [-0.15, -0.1) is 0 Å². The fourth-order valence-electron chi connectivity index (χ4n) is 6.21. The summed E-state index contributed by atoms with van der Waals surface area (Å²) in [6, 6.07) is 8.59. The first kappa shape index (κ1) is 19.5. The minimum atomic E-state index is -0.173. The van der Waals surface area contributed by atoms with Crippen molar-refractivity contribution in [2.45, 2.75) is 64.7 Å². The number of amides is 2. The summed E-state index contributed by atoms with van der Waals surface area (Å²) in [7, 11) is 0. The van der Waals surface area contributed by atoms with E-state index in [9.17, 15) is 9.59 Å². The van der Waals surface area contributed by atoms with Crippen molar-refractivity contribution in [1.82, 2.24) is 10.6 Å². The quantitative estimate of drug-likeness (QED) is 0.753. The van der Waals surface area contributed by atoms with Crippen molar-refractivity contribution in [2.24, 2.45) is 23.2 Å². The molecule has 4 aliphatic rings. The molecule has 4 saturated carbocycles. The number of hydrogen-bond acceptors (Lipinski definition) is 2. The molecule has 0 saturated heterocycles. The predicted octanol–water partition coefficient (Wildman–Crippen LogP) is 3.80. The van der Waals surface area contributed by atoms with Gasteiger partial charge in [0.2, 0.25) is 11.8 Å². The van der Waals surface area contributed by atoms with Crippen molar-refractivity contribution in [1.29, 1.82) is 0 Å². The summed E-state index contributed by atoms with van der Waals surface area (Å²) in [6.45, 7) is 5.08. The molecule has 0 heterocycles. The molecule has 5 rings (SSSR count). The fourth-order valence-corrected chi connectivity index (χ4v) is 6.21. The molecule has 1 aromatic carbocycles. The molecule has 0 atom stereocenters. The predicted molar refractivity (Wildman–Crippen MR) is 111 cm³/mol. The van der Waals surface area contributed by atoms with Crippen molar-refractivity contribution < 1.29 is 9.59 Å². The molecule has 0 aromatic heterocycles. The van der Waals surface area contributed by atoms with Crippen molar-refractivity contribution in [3.8, 4) is 0 Å². The highest BCUT2D eigenvalue weighted by Crippen LogP contribution is 2.60. The lowest BCUT2D eigenvalue weighted by molar-refractivity contribution is -0.147. The van der Waals surface area contributed by atoms with Crippen LogP contribution in [0.3, 0.4) is 0 Å². The van der Waals surface area contributed by atoms with Crippen molar-refractivity contribution >= 4 is 11.8 Å². The van der Waals surface area contributed by atoms with Crippen molar-refractivity contribution in [3.63, 3.8) is 0 Å². The Hall–Kier alpha value is -1.84. The van der Waals surface area contributed by atoms with E-state index in [4.69, 9.17) is 0 Å². The lowest BCUT2D eigenvalue weighted by atomic mass is 9.49. The van der Waals surface area contributed by atoms with E-state index >= 15 is 0 Å². The van der Waals surface area contributed by atoms with Gasteiger partial charge in [0.1, 0.15) is 0 Å². The van der Waals surface area contributed by atoms with Gasteiger partial charge in [0, 0.05) is 12.0 Å². The Morgan fingerprint density at radius 3 is 2.07 bits per heavy atom. The average Bonchev–Trinajstić information content (AvgIpc) is 2.65. The van der Waals surface area contributed by atoms with Gasteiger partial charge >= 0.3 is 0 Å². The SMILES string of the molecule is CC(C)c1ccc(CCNC(=O)CNC(=O)C23CC4CC(CC(C4)C2)C3)cc1. The lowest BCUT2D eigenvalue weighted by Crippen LogP contribution is -2.54. The minimum Gasteiger partial charge on any atom is -0.354 e. The van der Waals surface area contributed by atoms with E-state index in [1.165, 1.54) is 30.4 Å². The third kappa shape index (κ3) is 4.11. The highest BCUT2D eigenvalue weighted by molar-refractivity contribution is 5.88. The van der Waals surface area contributed by atoms with Crippen molar-refractivity contribution in [2.75, 3.05) is 13.1 Å². The van der Waals surface area contributed by atoms with Gasteiger partial charge in [-0.3, -0.25) is 9.59 Å². The van der Waals surface area contributed by atoms with Crippen LogP contribution in [0.25, 0.3) is 0 Å². The van der Waals surface area contributed by atoms with Crippen LogP contribution in [-0.4, -0.2) is 24.9 Å². The second-order valence-electron chi connectivity index (χ2n) is 9.88. The first-order valence-electron chi connectivity index (χ1n) is 11.1. The van der Waals surface area contributed by atoms with Crippen LogP contribution in [0.4, 0.5) is 0 Å². The smallest absolute Gasteiger partial charge is 0.239 e. The zero-order valence-corrected chi connectivity index (χ0v) is 17.3. The summed E-state index contributed by atoms with van der Waals surface area (Å²) < 4.78 is 0. The van der Waals surface area contributed by atoms with Crippen LogP contribution in [0, 0.1) is 23.2 Å². The maximum atomic E-state index is 12.9. The number of hydrogen-bond donors (Lipinski definition) is 2. The maximum absolute atomic E-state index is 12.9. The Kier molecular flexibility index (Phi) is 5.48. The van der Waals surface area contributed by atoms with Crippen LogP contribution < -0.4 is 10.6 Å². The van der Waals surface area contributed by atoms with Crippen LogP contribution >= 0.6 is 0 Å². The minimum absolute atomic E-state index is 0.0862. The summed E-state index contributed by atoms with van der Waals surface area (Å²) >= 11 is 0. The van der Waals surface area contributed by atoms with Crippen LogP contribution in [0.2, 0.25) is 0 Å². The normalized spacial score (nSPS) is 30.5. The number of nitrogens with one attached hydrogen (secondary N) is 2. The molecule has 152 valence electrons. The highest BCUT2D eigenvalue weighted by Gasteiger charge is 2.54. The maximum Gasteiger partial charge on any atom is 0.239 e. The molecule has 2 N–H and O–H groups in total. The van der Waals surface area contributed by atoms with Gasteiger partial charge in [-0.1, -0.05) is 38.1 Å². The van der Waals surface area contributed by atoms with E-state index in [0.29, 0.717) is 12.5 Å². The summed E-state index contributed by atoms with van der Waals surface area (Å²) in [5.74, 6) is 2.81. The monoisotopic (exact) mass is 382 g/mol. The first-order valence-corrected chi connectivity index (χ1v) is 11.1. The fraction of sp³-hybridized carbons (Fsp3) is 0.667. The van der Waals surface area contributed by atoms with E-state index in [-0.39, 0.29) is 23.8 Å². The number of rotatable bonds is 7. The molecule has 28 heavy (non-hydrogen) atoms. The molecule has 0 aliphatic heterocycles. The van der Waals surface area contributed by atoms with Gasteiger partial charge in [-0.2, -0.15) is 0 Å². The molecule has 4 aliphatic carbocycles. The Morgan fingerprint density at radius 2 is 1.54 bits per heavy atom. The van der Waals surface area contributed by atoms with E-state index in [1.54, 1.807) is 0 Å². The molecule has 0 spiro atoms. The van der Waals surface area contributed by atoms with Gasteiger partial charge in [0.25, 0.3) is 0 Å². The first-order chi connectivity index (χ1) is 13.4. The Bertz CT molecular complexity index is 687. The van der Waals surface area contributed by atoms with E-state index < -0.39 is 0 Å². The molecule has 4 fully saturated rings. The molecule has 1 aromatic rings. The van der Waals surface area contributed by atoms with Gasteiger partial charge in [-0.05, 0) is 79.7 Å². The van der Waals surface area contributed by atoms with E-state index in [1.807, 2.05) is 0 Å².